The van der Waals surface area contributed by atoms with Crippen LogP contribution in [-0.2, 0) is 17.6 Å². The standard InChI is InChI=1S/C16H25NO3/c1-3-4-5-13-6-8-14(9-7-13)10-15(20)17-16(2,11-18)12-19/h6-9,18-19H,3-5,10-12H2,1-2H3,(H,17,20). The molecule has 4 nitrogen and oxygen atoms in total. The van der Waals surface area contributed by atoms with E-state index in [4.69, 9.17) is 10.2 Å². The number of nitrogens with one attached hydrogen (secondary N) is 1. The van der Waals surface area contributed by atoms with Crippen molar-refractivity contribution in [2.45, 2.75) is 45.1 Å². The fraction of sp³-hybridized carbons (Fsp3) is 0.562. The molecule has 0 heterocycles. The van der Waals surface area contributed by atoms with Crippen molar-refractivity contribution < 1.29 is 15.0 Å². The van der Waals surface area contributed by atoms with Crippen LogP contribution in [0.3, 0.4) is 0 Å². The Morgan fingerprint density at radius 3 is 2.20 bits per heavy atom. The molecule has 0 fully saturated rings. The van der Waals surface area contributed by atoms with Gasteiger partial charge in [0.25, 0.3) is 0 Å². The summed E-state index contributed by atoms with van der Waals surface area (Å²) < 4.78 is 0. The zero-order valence-corrected chi connectivity index (χ0v) is 12.4. The van der Waals surface area contributed by atoms with E-state index in [2.05, 4.69) is 24.4 Å². The van der Waals surface area contributed by atoms with Crippen molar-refractivity contribution in [2.75, 3.05) is 13.2 Å². The van der Waals surface area contributed by atoms with Crippen molar-refractivity contribution in [3.05, 3.63) is 35.4 Å². The highest BCUT2D eigenvalue weighted by atomic mass is 16.3. The summed E-state index contributed by atoms with van der Waals surface area (Å²) in [5, 5.41) is 20.9. The third-order valence-electron chi connectivity index (χ3n) is 3.35. The normalized spacial score (nSPS) is 11.4. The van der Waals surface area contributed by atoms with Crippen molar-refractivity contribution >= 4 is 5.91 Å². The van der Waals surface area contributed by atoms with E-state index in [0.29, 0.717) is 0 Å². The number of carbonyl (C=O) groups is 1. The molecule has 0 unspecified atom stereocenters. The van der Waals surface area contributed by atoms with E-state index in [1.54, 1.807) is 6.92 Å². The van der Waals surface area contributed by atoms with Crippen molar-refractivity contribution in [1.82, 2.24) is 5.32 Å². The quantitative estimate of drug-likeness (QED) is 0.674. The predicted octanol–water partition coefficient (Wildman–Crippen LogP) is 1.43. The van der Waals surface area contributed by atoms with Gasteiger partial charge in [0.2, 0.25) is 5.91 Å². The summed E-state index contributed by atoms with van der Waals surface area (Å²) in [4.78, 5) is 11.9. The molecule has 0 atom stereocenters. The zero-order valence-electron chi connectivity index (χ0n) is 12.4. The van der Waals surface area contributed by atoms with Crippen LogP contribution in [0, 0.1) is 0 Å². The number of aryl methyl sites for hydroxylation is 1. The molecule has 0 saturated carbocycles. The topological polar surface area (TPSA) is 69.6 Å². The number of aliphatic hydroxyl groups excluding tert-OH is 2. The van der Waals surface area contributed by atoms with Crippen LogP contribution in [0.1, 0.15) is 37.8 Å². The number of rotatable bonds is 8. The molecule has 4 heteroatoms. The monoisotopic (exact) mass is 279 g/mol. The molecule has 1 aromatic carbocycles. The molecule has 1 aromatic rings. The van der Waals surface area contributed by atoms with Gasteiger partial charge in [-0.1, -0.05) is 37.6 Å². The summed E-state index contributed by atoms with van der Waals surface area (Å²) in [6.45, 7) is 3.20. The van der Waals surface area contributed by atoms with Crippen molar-refractivity contribution in [2.24, 2.45) is 0 Å². The van der Waals surface area contributed by atoms with Gasteiger partial charge in [0.05, 0.1) is 25.2 Å². The van der Waals surface area contributed by atoms with Gasteiger partial charge in [-0.05, 0) is 30.9 Å². The lowest BCUT2D eigenvalue weighted by molar-refractivity contribution is -0.123. The summed E-state index contributed by atoms with van der Waals surface area (Å²) >= 11 is 0. The number of unbranched alkanes of at least 4 members (excludes halogenated alkanes) is 1. The Morgan fingerprint density at radius 1 is 1.15 bits per heavy atom. The fourth-order valence-corrected chi connectivity index (χ4v) is 1.90. The lowest BCUT2D eigenvalue weighted by Crippen LogP contribution is -2.52. The highest BCUT2D eigenvalue weighted by molar-refractivity contribution is 5.79. The molecule has 3 N–H and O–H groups in total. The maximum Gasteiger partial charge on any atom is 0.224 e. The van der Waals surface area contributed by atoms with Gasteiger partial charge in [0.15, 0.2) is 0 Å². The van der Waals surface area contributed by atoms with Crippen LogP contribution >= 0.6 is 0 Å². The number of carbonyl (C=O) groups excluding carboxylic acids is 1. The van der Waals surface area contributed by atoms with Gasteiger partial charge < -0.3 is 15.5 Å². The van der Waals surface area contributed by atoms with Gasteiger partial charge in [-0.15, -0.1) is 0 Å². The Morgan fingerprint density at radius 2 is 1.70 bits per heavy atom. The highest BCUT2D eigenvalue weighted by Gasteiger charge is 2.24. The summed E-state index contributed by atoms with van der Waals surface area (Å²) in [6.07, 6.45) is 3.66. The summed E-state index contributed by atoms with van der Waals surface area (Å²) in [5.41, 5.74) is 1.26. The number of benzene rings is 1. The van der Waals surface area contributed by atoms with E-state index in [1.807, 2.05) is 12.1 Å². The second kappa shape index (κ2) is 8.02. The molecule has 0 saturated heterocycles. The van der Waals surface area contributed by atoms with E-state index >= 15 is 0 Å². The van der Waals surface area contributed by atoms with Gasteiger partial charge in [-0.2, -0.15) is 0 Å². The maximum absolute atomic E-state index is 11.9. The Labute approximate surface area is 120 Å². The highest BCUT2D eigenvalue weighted by Crippen LogP contribution is 2.09. The second-order valence-electron chi connectivity index (χ2n) is 5.52. The minimum absolute atomic E-state index is 0.197. The van der Waals surface area contributed by atoms with Crippen molar-refractivity contribution in [1.29, 1.82) is 0 Å². The zero-order chi connectivity index (χ0) is 15.0. The molecular formula is C16H25NO3. The van der Waals surface area contributed by atoms with Crippen LogP contribution in [0.4, 0.5) is 0 Å². The van der Waals surface area contributed by atoms with Crippen molar-refractivity contribution in [3.63, 3.8) is 0 Å². The van der Waals surface area contributed by atoms with Gasteiger partial charge in [0, 0.05) is 0 Å². The predicted molar refractivity (Wildman–Crippen MR) is 79.5 cm³/mol. The minimum atomic E-state index is -0.960. The van der Waals surface area contributed by atoms with Crippen LogP contribution < -0.4 is 5.32 Å². The van der Waals surface area contributed by atoms with Crippen LogP contribution in [0.5, 0.6) is 0 Å². The molecule has 0 aromatic heterocycles. The third kappa shape index (κ3) is 5.31. The molecule has 0 bridgehead atoms. The van der Waals surface area contributed by atoms with Crippen LogP contribution in [0.2, 0.25) is 0 Å². The molecule has 0 aliphatic carbocycles. The minimum Gasteiger partial charge on any atom is -0.394 e. The van der Waals surface area contributed by atoms with Gasteiger partial charge >= 0.3 is 0 Å². The van der Waals surface area contributed by atoms with E-state index < -0.39 is 5.54 Å². The first-order valence-corrected chi connectivity index (χ1v) is 7.13. The molecule has 0 aliphatic heterocycles. The van der Waals surface area contributed by atoms with Crippen LogP contribution in [-0.4, -0.2) is 34.9 Å². The first kappa shape index (κ1) is 16.7. The summed E-state index contributed by atoms with van der Waals surface area (Å²) in [5.74, 6) is -0.197. The number of hydrogen-bond donors (Lipinski definition) is 3. The van der Waals surface area contributed by atoms with Crippen LogP contribution in [0.25, 0.3) is 0 Å². The molecule has 0 radical (unpaired) electrons. The molecule has 20 heavy (non-hydrogen) atoms. The third-order valence-corrected chi connectivity index (χ3v) is 3.35. The van der Waals surface area contributed by atoms with E-state index in [1.165, 1.54) is 18.4 Å². The summed E-state index contributed by atoms with van der Waals surface area (Å²) in [6, 6.07) is 8.02. The van der Waals surface area contributed by atoms with E-state index in [-0.39, 0.29) is 25.5 Å². The SMILES string of the molecule is CCCCc1ccc(CC(=O)NC(C)(CO)CO)cc1. The first-order chi connectivity index (χ1) is 9.53. The van der Waals surface area contributed by atoms with Crippen molar-refractivity contribution in [3.8, 4) is 0 Å². The average molecular weight is 279 g/mol. The number of aliphatic hydroxyl groups is 2. The Hall–Kier alpha value is -1.39. The van der Waals surface area contributed by atoms with Crippen LogP contribution in [0.15, 0.2) is 24.3 Å². The fourth-order valence-electron chi connectivity index (χ4n) is 1.90. The molecule has 0 aliphatic rings. The molecule has 1 rings (SSSR count). The number of hydrogen-bond acceptors (Lipinski definition) is 3. The molecular weight excluding hydrogens is 254 g/mol. The lowest BCUT2D eigenvalue weighted by Gasteiger charge is -2.26. The number of amides is 1. The van der Waals surface area contributed by atoms with E-state index in [9.17, 15) is 4.79 Å². The second-order valence-corrected chi connectivity index (χ2v) is 5.52. The van der Waals surface area contributed by atoms with Gasteiger partial charge in [-0.25, -0.2) is 0 Å². The Kier molecular flexibility index (Phi) is 6.68. The summed E-state index contributed by atoms with van der Waals surface area (Å²) in [7, 11) is 0. The van der Waals surface area contributed by atoms with Gasteiger partial charge in [0.1, 0.15) is 0 Å². The Balaban J connectivity index is 2.54. The maximum atomic E-state index is 11.9. The lowest BCUT2D eigenvalue weighted by atomic mass is 10.0. The largest absolute Gasteiger partial charge is 0.394 e. The average Bonchev–Trinajstić information content (AvgIpc) is 2.46. The Bertz CT molecular complexity index is 410. The van der Waals surface area contributed by atoms with Gasteiger partial charge in [-0.3, -0.25) is 4.79 Å². The smallest absolute Gasteiger partial charge is 0.224 e. The first-order valence-electron chi connectivity index (χ1n) is 7.13. The van der Waals surface area contributed by atoms with E-state index in [0.717, 1.165) is 12.0 Å². The molecule has 112 valence electrons. The molecule has 1 amide bonds. The molecule has 0 spiro atoms.